The van der Waals surface area contributed by atoms with E-state index in [-0.39, 0.29) is 0 Å². The van der Waals surface area contributed by atoms with Crippen LogP contribution in [0.4, 0.5) is 0 Å². The van der Waals surface area contributed by atoms with Gasteiger partial charge in [0.15, 0.2) is 6.10 Å². The molecule has 0 saturated heterocycles. The average Bonchev–Trinajstić information content (AvgIpc) is 2.72. The van der Waals surface area contributed by atoms with E-state index in [0.717, 1.165) is 10.1 Å². The Kier molecular flexibility index (Phi) is 3.14. The number of esters is 1. The van der Waals surface area contributed by atoms with Crippen LogP contribution in [-0.4, -0.2) is 18.2 Å². The molecular weight excluding hydrogens is 248 g/mol. The number of aliphatic hydroxyl groups excluding tert-OH is 1. The smallest absolute Gasteiger partial charge is 0.340 e. The first kappa shape index (κ1) is 11.4. The van der Waals surface area contributed by atoms with E-state index in [2.05, 4.69) is 4.74 Å². The van der Waals surface area contributed by atoms with Gasteiger partial charge in [-0.2, -0.15) is 0 Å². The van der Waals surface area contributed by atoms with Gasteiger partial charge in [-0.25, -0.2) is 4.79 Å². The fourth-order valence-corrected chi connectivity index (χ4v) is 2.75. The van der Waals surface area contributed by atoms with Crippen molar-refractivity contribution in [3.63, 3.8) is 0 Å². The summed E-state index contributed by atoms with van der Waals surface area (Å²) in [6.07, 6.45) is -1.24. The summed E-state index contributed by atoms with van der Waals surface area (Å²) in [5, 5.41) is 11.2. The maximum absolute atomic E-state index is 11.2. The number of fused-ring (bicyclic) bond motifs is 1. The maximum atomic E-state index is 11.2. The van der Waals surface area contributed by atoms with Gasteiger partial charge in [0.2, 0.25) is 0 Å². The van der Waals surface area contributed by atoms with Gasteiger partial charge in [-0.3, -0.25) is 0 Å². The Hall–Kier alpha value is -1.10. The molecule has 3 nitrogen and oxygen atoms in total. The number of carbonyl (C=O) groups is 1. The molecule has 0 radical (unpaired) electrons. The van der Waals surface area contributed by atoms with Crippen LogP contribution < -0.4 is 0 Å². The third-order valence-electron chi connectivity index (χ3n) is 2.21. The summed E-state index contributed by atoms with van der Waals surface area (Å²) in [6.45, 7) is 0. The highest BCUT2D eigenvalue weighted by atomic mass is 35.5. The highest BCUT2D eigenvalue weighted by Gasteiger charge is 2.20. The standard InChI is InChI=1S/C11H9ClO3S/c1-15-11(14)9(13)8-5-6-3-2-4-7(12)10(6)16-8/h2-5,9,13H,1H3. The van der Waals surface area contributed by atoms with Gasteiger partial charge in [-0.1, -0.05) is 23.7 Å². The van der Waals surface area contributed by atoms with E-state index in [4.69, 9.17) is 11.6 Å². The van der Waals surface area contributed by atoms with Gasteiger partial charge < -0.3 is 9.84 Å². The summed E-state index contributed by atoms with van der Waals surface area (Å²) >= 11 is 7.29. The van der Waals surface area contributed by atoms with Crippen molar-refractivity contribution in [2.75, 3.05) is 7.11 Å². The topological polar surface area (TPSA) is 46.5 Å². The van der Waals surface area contributed by atoms with Gasteiger partial charge in [-0.15, -0.1) is 11.3 Å². The fourth-order valence-electron chi connectivity index (χ4n) is 1.41. The van der Waals surface area contributed by atoms with Crippen molar-refractivity contribution in [1.82, 2.24) is 0 Å². The molecule has 0 aliphatic carbocycles. The first-order valence-corrected chi connectivity index (χ1v) is 5.77. The molecule has 0 fully saturated rings. The summed E-state index contributed by atoms with van der Waals surface area (Å²) in [5.74, 6) is -0.664. The first-order valence-electron chi connectivity index (χ1n) is 4.57. The summed E-state index contributed by atoms with van der Waals surface area (Å²) in [7, 11) is 1.24. The average molecular weight is 257 g/mol. The summed E-state index contributed by atoms with van der Waals surface area (Å²) < 4.78 is 5.34. The predicted molar refractivity (Wildman–Crippen MR) is 63.8 cm³/mol. The van der Waals surface area contributed by atoms with Gasteiger partial charge in [-0.05, 0) is 17.5 Å². The molecule has 1 N–H and O–H groups in total. The van der Waals surface area contributed by atoms with Crippen LogP contribution in [0.5, 0.6) is 0 Å². The Morgan fingerprint density at radius 2 is 2.31 bits per heavy atom. The SMILES string of the molecule is COC(=O)C(O)c1cc2cccc(Cl)c2s1. The molecule has 2 rings (SSSR count). The lowest BCUT2D eigenvalue weighted by molar-refractivity contribution is -0.150. The van der Waals surface area contributed by atoms with Crippen molar-refractivity contribution in [2.24, 2.45) is 0 Å². The number of hydrogen-bond donors (Lipinski definition) is 1. The highest BCUT2D eigenvalue weighted by molar-refractivity contribution is 7.19. The van der Waals surface area contributed by atoms with Gasteiger partial charge in [0.05, 0.1) is 16.8 Å². The van der Waals surface area contributed by atoms with E-state index in [1.807, 2.05) is 12.1 Å². The third-order valence-corrected chi connectivity index (χ3v) is 3.87. The summed E-state index contributed by atoms with van der Waals surface area (Å²) in [6, 6.07) is 7.22. The Morgan fingerprint density at radius 3 is 2.94 bits per heavy atom. The molecule has 5 heteroatoms. The molecule has 0 amide bonds. The molecule has 0 aliphatic rings. The van der Waals surface area contributed by atoms with Crippen molar-refractivity contribution in [3.8, 4) is 0 Å². The van der Waals surface area contributed by atoms with Crippen LogP contribution in [0.1, 0.15) is 11.0 Å². The van der Waals surface area contributed by atoms with Gasteiger partial charge in [0.25, 0.3) is 0 Å². The van der Waals surface area contributed by atoms with Crippen molar-refractivity contribution in [3.05, 3.63) is 34.2 Å². The van der Waals surface area contributed by atoms with Crippen molar-refractivity contribution < 1.29 is 14.6 Å². The second kappa shape index (κ2) is 4.41. The molecule has 0 aliphatic heterocycles. The molecule has 1 unspecified atom stereocenters. The normalized spacial score (nSPS) is 12.7. The minimum atomic E-state index is -1.24. The monoisotopic (exact) mass is 256 g/mol. The number of aliphatic hydroxyl groups is 1. The van der Waals surface area contributed by atoms with Crippen LogP contribution in [0.15, 0.2) is 24.3 Å². The lowest BCUT2D eigenvalue weighted by atomic mass is 10.2. The van der Waals surface area contributed by atoms with E-state index in [0.29, 0.717) is 9.90 Å². The third kappa shape index (κ3) is 1.91. The van der Waals surface area contributed by atoms with Crippen LogP contribution >= 0.6 is 22.9 Å². The molecule has 1 aromatic heterocycles. The van der Waals surface area contributed by atoms with Crippen LogP contribution in [0.25, 0.3) is 10.1 Å². The van der Waals surface area contributed by atoms with E-state index in [9.17, 15) is 9.90 Å². The Balaban J connectivity index is 2.47. The Bertz CT molecular complexity index is 535. The van der Waals surface area contributed by atoms with Crippen LogP contribution in [0, 0.1) is 0 Å². The van der Waals surface area contributed by atoms with Crippen LogP contribution in [-0.2, 0) is 9.53 Å². The number of benzene rings is 1. The quantitative estimate of drug-likeness (QED) is 0.841. The Morgan fingerprint density at radius 1 is 1.56 bits per heavy atom. The number of hydrogen-bond acceptors (Lipinski definition) is 4. The number of halogens is 1. The number of methoxy groups -OCH3 is 1. The van der Waals surface area contributed by atoms with Crippen molar-refractivity contribution in [2.45, 2.75) is 6.10 Å². The zero-order chi connectivity index (χ0) is 11.7. The van der Waals surface area contributed by atoms with E-state index in [1.54, 1.807) is 12.1 Å². The number of rotatable bonds is 2. The van der Waals surface area contributed by atoms with Crippen molar-refractivity contribution in [1.29, 1.82) is 0 Å². The van der Waals surface area contributed by atoms with Crippen molar-refractivity contribution >= 4 is 39.0 Å². The first-order chi connectivity index (χ1) is 7.63. The van der Waals surface area contributed by atoms with E-state index >= 15 is 0 Å². The molecule has 2 aromatic rings. The fraction of sp³-hybridized carbons (Fsp3) is 0.182. The number of ether oxygens (including phenoxy) is 1. The van der Waals surface area contributed by atoms with Crippen LogP contribution in [0.2, 0.25) is 5.02 Å². The lowest BCUT2D eigenvalue weighted by Gasteiger charge is -2.04. The molecule has 16 heavy (non-hydrogen) atoms. The van der Waals surface area contributed by atoms with Gasteiger partial charge in [0, 0.05) is 4.88 Å². The lowest BCUT2D eigenvalue weighted by Crippen LogP contribution is -2.11. The molecule has 0 bridgehead atoms. The van der Waals surface area contributed by atoms with E-state index in [1.165, 1.54) is 18.4 Å². The maximum Gasteiger partial charge on any atom is 0.340 e. The summed E-state index contributed by atoms with van der Waals surface area (Å²) in [5.41, 5.74) is 0. The highest BCUT2D eigenvalue weighted by Crippen LogP contribution is 2.34. The summed E-state index contributed by atoms with van der Waals surface area (Å²) in [4.78, 5) is 11.7. The van der Waals surface area contributed by atoms with E-state index < -0.39 is 12.1 Å². The molecule has 84 valence electrons. The molecule has 1 atom stereocenters. The van der Waals surface area contributed by atoms with Gasteiger partial charge >= 0.3 is 5.97 Å². The molecular formula is C11H9ClO3S. The number of thiophene rings is 1. The number of carbonyl (C=O) groups excluding carboxylic acids is 1. The zero-order valence-electron chi connectivity index (χ0n) is 8.44. The molecule has 0 spiro atoms. The Labute approximate surface area is 101 Å². The second-order valence-electron chi connectivity index (χ2n) is 3.23. The molecule has 1 aromatic carbocycles. The van der Waals surface area contributed by atoms with Crippen LogP contribution in [0.3, 0.4) is 0 Å². The predicted octanol–water partition coefficient (Wildman–Crippen LogP) is 2.76. The van der Waals surface area contributed by atoms with Gasteiger partial charge in [0.1, 0.15) is 0 Å². The molecule has 1 heterocycles. The minimum absolute atomic E-state index is 0.537. The molecule has 0 saturated carbocycles. The zero-order valence-corrected chi connectivity index (χ0v) is 10.0. The second-order valence-corrected chi connectivity index (χ2v) is 4.72. The minimum Gasteiger partial charge on any atom is -0.467 e. The largest absolute Gasteiger partial charge is 0.467 e.